The maximum atomic E-state index is 13.5. The molecule has 3 rings (SSSR count). The first-order chi connectivity index (χ1) is 19.9. The number of carbonyl (C=O) groups is 1. The van der Waals surface area contributed by atoms with Crippen molar-refractivity contribution in [3.63, 3.8) is 0 Å². The van der Waals surface area contributed by atoms with Crippen molar-refractivity contribution in [2.45, 2.75) is 45.3 Å². The molecule has 0 spiro atoms. The standard InChI is InChI=1S/C19H27N3O3S.Na/c1-13(2)22-18(25)15(16(23)14-7-12-26-19(14)22)17(24)20-8-6-11-21-9-4-3-5-10-21;/h7,12-13,23H,3-6,8-11H2,1-2H3,(H,20,24);/q;+1/p-1/i1D3,2D3,3D2,4D2,5D2,9D2,10D2,12D,13D;/hD. The summed E-state index contributed by atoms with van der Waals surface area (Å²) in [6.07, 6.45) is -11.5. The number of hydrogen-bond acceptors (Lipinski definition) is 5. The van der Waals surface area contributed by atoms with Crippen molar-refractivity contribution in [1.29, 1.82) is 0 Å². The van der Waals surface area contributed by atoms with Gasteiger partial charge in [0.2, 0.25) is 0 Å². The van der Waals surface area contributed by atoms with Crippen molar-refractivity contribution in [1.82, 2.24) is 14.8 Å². The molecule has 6 nitrogen and oxygen atoms in total. The van der Waals surface area contributed by atoms with Crippen LogP contribution in [0.5, 0.6) is 5.75 Å². The van der Waals surface area contributed by atoms with Crippen LogP contribution >= 0.6 is 11.3 Å². The molecule has 0 aliphatic carbocycles. The van der Waals surface area contributed by atoms with Gasteiger partial charge in [-0.3, -0.25) is 14.2 Å². The normalized spacial score (nSPS) is 36.1. The van der Waals surface area contributed by atoms with Crippen LogP contribution in [0, 0.1) is 0 Å². The summed E-state index contributed by atoms with van der Waals surface area (Å²) in [5, 5.41) is 12.0. The zero-order valence-corrected chi connectivity index (χ0v) is 17.0. The Morgan fingerprint density at radius 2 is 2.26 bits per heavy atom. The number of hydrogen-bond donors (Lipinski definition) is 1. The van der Waals surface area contributed by atoms with Gasteiger partial charge in [-0.25, -0.2) is 0 Å². The van der Waals surface area contributed by atoms with Gasteiger partial charge in [0.25, 0.3) is 11.5 Å². The van der Waals surface area contributed by atoms with Gasteiger partial charge in [-0.15, -0.1) is 11.3 Å². The van der Waals surface area contributed by atoms with Crippen molar-refractivity contribution in [2.24, 2.45) is 0 Å². The fourth-order valence-electron chi connectivity index (χ4n) is 2.27. The second kappa shape index (κ2) is 10.1. The van der Waals surface area contributed by atoms with Crippen molar-refractivity contribution in [3.05, 3.63) is 27.3 Å². The number of aromatic nitrogens is 1. The van der Waals surface area contributed by atoms with Gasteiger partial charge >= 0.3 is 29.6 Å². The molecule has 27 heavy (non-hydrogen) atoms. The van der Waals surface area contributed by atoms with Gasteiger partial charge in [-0.1, -0.05) is 12.1 Å². The van der Waals surface area contributed by atoms with E-state index in [1.54, 1.807) is 0 Å². The molecule has 142 valence electrons. The Morgan fingerprint density at radius 3 is 2.96 bits per heavy atom. The van der Waals surface area contributed by atoms with Crippen LogP contribution in [0.2, 0.25) is 1.41 Å². The van der Waals surface area contributed by atoms with E-state index in [2.05, 4.69) is 0 Å². The Labute approximate surface area is 212 Å². The summed E-state index contributed by atoms with van der Waals surface area (Å²) in [4.78, 5) is 26.1. The predicted molar refractivity (Wildman–Crippen MR) is 103 cm³/mol. The molecule has 0 saturated carbocycles. The molecule has 1 N–H and O–H groups in total. The van der Waals surface area contributed by atoms with E-state index in [9.17, 15) is 14.7 Å². The monoisotopic (exact) mass is 418 g/mol. The fourth-order valence-corrected chi connectivity index (χ4v) is 3.08. The number of carbonyl (C=O) groups excluding carboxylic acids is 1. The molecule has 0 bridgehead atoms. The van der Waals surface area contributed by atoms with Crippen molar-refractivity contribution in [3.8, 4) is 5.75 Å². The van der Waals surface area contributed by atoms with Gasteiger partial charge in [0.05, 0.1) is 8.30 Å². The maximum absolute atomic E-state index is 13.5. The molecule has 0 radical (unpaired) electrons. The first-order valence-corrected chi connectivity index (χ1v) is 8.14. The number of nitrogens with zero attached hydrogens (tertiary/aromatic N) is 2. The number of pyridine rings is 1. The van der Waals surface area contributed by atoms with Crippen molar-refractivity contribution in [2.75, 3.05) is 26.1 Å². The van der Waals surface area contributed by atoms with Crippen LogP contribution in [0.15, 0.2) is 16.2 Å². The van der Waals surface area contributed by atoms with Crippen LogP contribution in [-0.2, 0) is 0 Å². The Balaban J connectivity index is 0.00000736. The second-order valence-electron chi connectivity index (χ2n) is 5.07. The Hall–Kier alpha value is -0.860. The summed E-state index contributed by atoms with van der Waals surface area (Å²) in [7, 11) is 0. The molecular formula is C19H26N3NaO3S. The van der Waals surface area contributed by atoms with E-state index in [1.165, 1.54) is 0 Å². The topological polar surface area (TPSA) is 77.4 Å². The molecule has 2 aromatic heterocycles. The number of thiophene rings is 1. The van der Waals surface area contributed by atoms with E-state index in [1.807, 2.05) is 0 Å². The molecular weight excluding hydrogens is 373 g/mol. The first-order valence-electron chi connectivity index (χ1n) is 16.8. The molecule has 1 amide bonds. The first kappa shape index (κ1) is 7.76. The van der Waals surface area contributed by atoms with Gasteiger partial charge < -0.3 is 15.3 Å². The van der Waals surface area contributed by atoms with Gasteiger partial charge in [-0.2, -0.15) is 0 Å². The van der Waals surface area contributed by atoms with Gasteiger partial charge in [0.1, 0.15) is 4.83 Å². The predicted octanol–water partition coefficient (Wildman–Crippen LogP) is -0.673. The van der Waals surface area contributed by atoms with Crippen LogP contribution < -0.4 is 45.5 Å². The Kier molecular flexibility index (Phi) is 2.89. The molecule has 1 aliphatic heterocycles. The SMILES string of the molecule is [2H]c1cc2c([O-])c(C(=O)N([2H])CCCN3C([2H])([2H])C([2H])([2H])C([2H])([2H])C([2H])([2H])C3([2H])[2H])c(=O)n(C([2H])(C([2H])([2H])[2H])C([2H])([2H])[2H])c2s1.[Na+]. The molecule has 8 heteroatoms. The minimum Gasteiger partial charge on any atom is -0.871 e. The molecule has 1 saturated heterocycles. The van der Waals surface area contributed by atoms with Crippen LogP contribution in [0.1, 0.15) is 80.3 Å². The van der Waals surface area contributed by atoms with Crippen LogP contribution in [0.4, 0.5) is 0 Å². The quantitative estimate of drug-likeness (QED) is 0.631. The molecule has 1 aliphatic rings. The summed E-state index contributed by atoms with van der Waals surface area (Å²) in [5.41, 5.74) is -3.31. The number of fused-ring (bicyclic) bond motifs is 1. The number of rotatable bonds is 6. The van der Waals surface area contributed by atoms with E-state index in [0.29, 0.717) is 11.3 Å². The zero-order valence-electron chi connectivity index (χ0n) is 33.2. The second-order valence-corrected chi connectivity index (χ2v) is 5.89. The van der Waals surface area contributed by atoms with E-state index >= 15 is 0 Å². The largest absolute Gasteiger partial charge is 1.00 e. The fraction of sp³-hybridized carbons (Fsp3) is 0.579. The number of likely N-dealkylation sites (tertiary alicyclic amines) is 1. The van der Waals surface area contributed by atoms with E-state index in [0.717, 1.165) is 6.07 Å². The molecule has 3 heterocycles. The summed E-state index contributed by atoms with van der Waals surface area (Å²) in [6, 6.07) is -2.96. The number of amides is 1. The van der Waals surface area contributed by atoms with Gasteiger partial charge in [0, 0.05) is 39.9 Å². The van der Waals surface area contributed by atoms with E-state index in [-0.39, 0.29) is 44.3 Å². The third-order valence-corrected chi connectivity index (χ3v) is 4.25. The Bertz CT molecular complexity index is 1520. The molecule has 0 unspecified atom stereocenters. The van der Waals surface area contributed by atoms with Gasteiger partial charge in [-0.05, 0) is 63.8 Å². The average molecular weight is 419 g/mol. The van der Waals surface area contributed by atoms with E-state index in [4.69, 9.17) is 26.1 Å². The molecule has 1 fully saturated rings. The van der Waals surface area contributed by atoms with Crippen LogP contribution in [0.25, 0.3) is 10.2 Å². The number of piperidine rings is 1. The van der Waals surface area contributed by atoms with Gasteiger partial charge in [0.15, 0.2) is 1.41 Å². The van der Waals surface area contributed by atoms with E-state index < -0.39 is 110 Å². The summed E-state index contributed by atoms with van der Waals surface area (Å²) in [5.74, 6) is -3.14. The third kappa shape index (κ3) is 4.95. The third-order valence-electron chi connectivity index (χ3n) is 3.42. The summed E-state index contributed by atoms with van der Waals surface area (Å²) >= 11 is 0.297. The molecule has 0 atom stereocenters. The smallest absolute Gasteiger partial charge is 0.871 e. The van der Waals surface area contributed by atoms with Crippen molar-refractivity contribution < 1.29 is 65.5 Å². The zero-order chi connectivity index (χ0) is 35.3. The summed E-state index contributed by atoms with van der Waals surface area (Å²) < 4.78 is 151. The maximum Gasteiger partial charge on any atom is 1.00 e. The van der Waals surface area contributed by atoms with Crippen molar-refractivity contribution >= 4 is 27.5 Å². The number of nitrogens with one attached hydrogen (secondary N) is 1. The minimum absolute atomic E-state index is 0. The Morgan fingerprint density at radius 1 is 1.52 bits per heavy atom. The molecule has 2 aromatic rings. The average Bonchev–Trinajstić information content (AvgIpc) is 3.24. The van der Waals surface area contributed by atoms with Crippen LogP contribution in [0.3, 0.4) is 0 Å². The molecule has 0 aromatic carbocycles. The summed E-state index contributed by atoms with van der Waals surface area (Å²) in [6.45, 7) is -16.3. The van der Waals surface area contributed by atoms with Crippen LogP contribution in [-0.4, -0.2) is 41.5 Å². The minimum atomic E-state index is -3.77.